The van der Waals surface area contributed by atoms with Crippen molar-refractivity contribution >= 4 is 39.2 Å². The summed E-state index contributed by atoms with van der Waals surface area (Å²) < 4.78 is 4.63. The van der Waals surface area contributed by atoms with Crippen molar-refractivity contribution in [2.75, 3.05) is 12.4 Å². The lowest BCUT2D eigenvalue weighted by atomic mass is 10.1. The molecule has 0 atom stereocenters. The molecule has 0 unspecified atom stereocenters. The van der Waals surface area contributed by atoms with Gasteiger partial charge in [-0.3, -0.25) is 10.1 Å². The molecule has 4 aromatic rings. The van der Waals surface area contributed by atoms with E-state index < -0.39 is 11.9 Å². The fraction of sp³-hybridized carbons (Fsp3) is 0.100. The van der Waals surface area contributed by atoms with Crippen molar-refractivity contribution in [3.63, 3.8) is 0 Å². The SMILES string of the molecule is COC(=O)c1cccc(C(=O)Nc2nc(-c3c(C)[nH]c4ccccc34)cs2)n1. The Labute approximate surface area is 164 Å². The van der Waals surface area contributed by atoms with E-state index in [2.05, 4.69) is 25.0 Å². The third kappa shape index (κ3) is 3.25. The molecule has 0 saturated carbocycles. The maximum absolute atomic E-state index is 12.5. The molecule has 0 bridgehead atoms. The standard InChI is InChI=1S/C20H16N4O3S/c1-11-17(12-6-3-4-7-13(12)21-11)16-10-28-20(23-16)24-18(25)14-8-5-9-15(22-14)19(26)27-2/h3-10,21H,1-2H3,(H,23,24,25). The summed E-state index contributed by atoms with van der Waals surface area (Å²) in [4.78, 5) is 36.0. The highest BCUT2D eigenvalue weighted by Crippen LogP contribution is 2.33. The van der Waals surface area contributed by atoms with Crippen LogP contribution < -0.4 is 5.32 Å². The minimum atomic E-state index is -0.596. The fourth-order valence-corrected chi connectivity index (χ4v) is 3.69. The van der Waals surface area contributed by atoms with Crippen molar-refractivity contribution < 1.29 is 14.3 Å². The maximum atomic E-state index is 12.5. The summed E-state index contributed by atoms with van der Waals surface area (Å²) in [6, 6.07) is 12.6. The van der Waals surface area contributed by atoms with E-state index in [-0.39, 0.29) is 11.4 Å². The van der Waals surface area contributed by atoms with Crippen LogP contribution in [-0.2, 0) is 4.74 Å². The van der Waals surface area contributed by atoms with Gasteiger partial charge in [0.1, 0.15) is 11.4 Å². The second-order valence-electron chi connectivity index (χ2n) is 6.06. The molecule has 0 aliphatic carbocycles. The van der Waals surface area contributed by atoms with Crippen LogP contribution in [-0.4, -0.2) is 33.9 Å². The van der Waals surface area contributed by atoms with E-state index in [4.69, 9.17) is 0 Å². The molecule has 7 nitrogen and oxygen atoms in total. The van der Waals surface area contributed by atoms with E-state index >= 15 is 0 Å². The van der Waals surface area contributed by atoms with Gasteiger partial charge in [-0.1, -0.05) is 24.3 Å². The number of pyridine rings is 1. The number of carbonyl (C=O) groups is 2. The lowest BCUT2D eigenvalue weighted by molar-refractivity contribution is 0.0594. The van der Waals surface area contributed by atoms with Crippen molar-refractivity contribution in [3.8, 4) is 11.3 Å². The summed E-state index contributed by atoms with van der Waals surface area (Å²) in [5.41, 5.74) is 4.03. The number of rotatable bonds is 4. The Kier molecular flexibility index (Phi) is 4.62. The number of nitrogens with zero attached hydrogens (tertiary/aromatic N) is 2. The number of amides is 1. The summed E-state index contributed by atoms with van der Waals surface area (Å²) in [6.45, 7) is 2.00. The predicted octanol–water partition coefficient (Wildman–Crippen LogP) is 4.03. The Morgan fingerprint density at radius 3 is 2.68 bits per heavy atom. The first-order chi connectivity index (χ1) is 13.6. The number of methoxy groups -OCH3 is 1. The van der Waals surface area contributed by atoms with Gasteiger partial charge >= 0.3 is 5.97 Å². The van der Waals surface area contributed by atoms with Crippen molar-refractivity contribution in [1.29, 1.82) is 0 Å². The van der Waals surface area contributed by atoms with Gasteiger partial charge < -0.3 is 9.72 Å². The zero-order valence-corrected chi connectivity index (χ0v) is 16.0. The molecule has 8 heteroatoms. The molecule has 3 heterocycles. The number of carbonyl (C=O) groups excluding carboxylic acids is 2. The molecule has 1 aromatic carbocycles. The lowest BCUT2D eigenvalue weighted by Crippen LogP contribution is -2.15. The number of nitrogens with one attached hydrogen (secondary N) is 2. The molecule has 0 saturated heterocycles. The number of benzene rings is 1. The second kappa shape index (κ2) is 7.24. The van der Waals surface area contributed by atoms with Crippen LogP contribution >= 0.6 is 11.3 Å². The molecular formula is C20H16N4O3S. The Balaban J connectivity index is 1.59. The number of H-pyrrole nitrogens is 1. The average Bonchev–Trinajstić information content (AvgIpc) is 3.30. The number of thiazole rings is 1. The van der Waals surface area contributed by atoms with Crippen LogP contribution in [0.2, 0.25) is 0 Å². The number of para-hydroxylation sites is 1. The van der Waals surface area contributed by atoms with Gasteiger partial charge in [0, 0.05) is 27.5 Å². The van der Waals surface area contributed by atoms with Gasteiger partial charge in [-0.05, 0) is 25.1 Å². The van der Waals surface area contributed by atoms with Gasteiger partial charge in [0.25, 0.3) is 5.91 Å². The topological polar surface area (TPSA) is 97.0 Å². The van der Waals surface area contributed by atoms with Crippen LogP contribution in [0.3, 0.4) is 0 Å². The molecule has 140 valence electrons. The fourth-order valence-electron chi connectivity index (χ4n) is 2.99. The predicted molar refractivity (Wildman–Crippen MR) is 108 cm³/mol. The third-order valence-corrected chi connectivity index (χ3v) is 5.01. The maximum Gasteiger partial charge on any atom is 0.356 e. The highest BCUT2D eigenvalue weighted by atomic mass is 32.1. The number of aromatic nitrogens is 3. The number of hydrogen-bond acceptors (Lipinski definition) is 6. The zero-order valence-electron chi connectivity index (χ0n) is 15.1. The van der Waals surface area contributed by atoms with Gasteiger partial charge in [0.15, 0.2) is 5.13 Å². The van der Waals surface area contributed by atoms with Crippen molar-refractivity contribution in [3.05, 3.63) is 64.9 Å². The Bertz CT molecular complexity index is 1200. The Morgan fingerprint density at radius 2 is 1.86 bits per heavy atom. The first-order valence-corrected chi connectivity index (χ1v) is 9.34. The Hall–Kier alpha value is -3.52. The monoisotopic (exact) mass is 392 g/mol. The minimum Gasteiger partial charge on any atom is -0.464 e. The summed E-state index contributed by atoms with van der Waals surface area (Å²) in [7, 11) is 1.26. The largest absolute Gasteiger partial charge is 0.464 e. The number of anilines is 1. The van der Waals surface area contributed by atoms with Gasteiger partial charge in [-0.2, -0.15) is 0 Å². The number of hydrogen-bond donors (Lipinski definition) is 2. The zero-order chi connectivity index (χ0) is 19.7. The van der Waals surface area contributed by atoms with Gasteiger partial charge in [-0.25, -0.2) is 14.8 Å². The smallest absolute Gasteiger partial charge is 0.356 e. The number of aromatic amines is 1. The van der Waals surface area contributed by atoms with Crippen molar-refractivity contribution in [1.82, 2.24) is 15.0 Å². The van der Waals surface area contributed by atoms with Gasteiger partial charge in [0.2, 0.25) is 0 Å². The molecule has 4 rings (SSSR count). The normalized spacial score (nSPS) is 10.8. The summed E-state index contributed by atoms with van der Waals surface area (Å²) in [6.07, 6.45) is 0. The van der Waals surface area contributed by atoms with Gasteiger partial charge in [-0.15, -0.1) is 11.3 Å². The molecule has 0 aliphatic rings. The molecule has 1 amide bonds. The van der Waals surface area contributed by atoms with Crippen LogP contribution in [0.15, 0.2) is 47.8 Å². The first kappa shape index (κ1) is 17.9. The van der Waals surface area contributed by atoms with Crippen molar-refractivity contribution in [2.45, 2.75) is 6.92 Å². The second-order valence-corrected chi connectivity index (χ2v) is 6.92. The van der Waals surface area contributed by atoms with Crippen LogP contribution in [0.25, 0.3) is 22.2 Å². The lowest BCUT2D eigenvalue weighted by Gasteiger charge is -2.03. The van der Waals surface area contributed by atoms with Crippen LogP contribution in [0.4, 0.5) is 5.13 Å². The summed E-state index contributed by atoms with van der Waals surface area (Å²) >= 11 is 1.33. The van der Waals surface area contributed by atoms with Gasteiger partial charge in [0.05, 0.1) is 12.8 Å². The molecule has 28 heavy (non-hydrogen) atoms. The van der Waals surface area contributed by atoms with Crippen LogP contribution in [0.5, 0.6) is 0 Å². The molecule has 0 radical (unpaired) electrons. The summed E-state index contributed by atoms with van der Waals surface area (Å²) in [5.74, 6) is -1.04. The van der Waals surface area contributed by atoms with E-state index in [1.807, 2.05) is 36.6 Å². The molecule has 0 aliphatic heterocycles. The molecular weight excluding hydrogens is 376 g/mol. The minimum absolute atomic E-state index is 0.0735. The number of ether oxygens (including phenoxy) is 1. The average molecular weight is 392 g/mol. The molecule has 0 fully saturated rings. The van der Waals surface area contributed by atoms with E-state index in [0.717, 1.165) is 27.9 Å². The Morgan fingerprint density at radius 1 is 1.07 bits per heavy atom. The third-order valence-electron chi connectivity index (χ3n) is 4.25. The highest BCUT2D eigenvalue weighted by molar-refractivity contribution is 7.14. The molecule has 0 spiro atoms. The molecule has 2 N–H and O–H groups in total. The summed E-state index contributed by atoms with van der Waals surface area (Å²) in [5, 5.41) is 6.17. The number of esters is 1. The van der Waals surface area contributed by atoms with Crippen LogP contribution in [0.1, 0.15) is 26.7 Å². The van der Waals surface area contributed by atoms with E-state index in [1.165, 1.54) is 30.6 Å². The van der Waals surface area contributed by atoms with E-state index in [1.54, 1.807) is 6.07 Å². The van der Waals surface area contributed by atoms with Crippen molar-refractivity contribution in [2.24, 2.45) is 0 Å². The number of fused-ring (bicyclic) bond motifs is 1. The molecule has 3 aromatic heterocycles. The first-order valence-electron chi connectivity index (χ1n) is 8.46. The van der Waals surface area contributed by atoms with Crippen LogP contribution in [0, 0.1) is 6.92 Å². The quantitative estimate of drug-likeness (QED) is 0.511. The highest BCUT2D eigenvalue weighted by Gasteiger charge is 2.16. The van der Waals surface area contributed by atoms with E-state index in [0.29, 0.717) is 5.13 Å². The van der Waals surface area contributed by atoms with E-state index in [9.17, 15) is 9.59 Å². The number of aryl methyl sites for hydroxylation is 1.